The van der Waals surface area contributed by atoms with Gasteiger partial charge in [0.05, 0.1) is 17.8 Å². The molecule has 1 aromatic carbocycles. The molecule has 6 heteroatoms. The van der Waals surface area contributed by atoms with Gasteiger partial charge in [0.15, 0.2) is 4.47 Å². The first kappa shape index (κ1) is 12.7. The Morgan fingerprint density at radius 3 is 2.94 bits per heavy atom. The molecule has 0 saturated heterocycles. The molecule has 0 saturated carbocycles. The highest BCUT2D eigenvalue weighted by atomic mass is 35.5. The summed E-state index contributed by atoms with van der Waals surface area (Å²) in [7, 11) is 1.79. The van der Waals surface area contributed by atoms with Crippen molar-refractivity contribution in [3.05, 3.63) is 39.3 Å². The van der Waals surface area contributed by atoms with Crippen LogP contribution >= 0.6 is 22.9 Å². The third-order valence-corrected chi connectivity index (χ3v) is 3.52. The molecule has 0 radical (unpaired) electrons. The molecule has 0 atom stereocenters. The Hall–Kier alpha value is -1.77. The Morgan fingerprint density at radius 1 is 1.50 bits per heavy atom. The van der Waals surface area contributed by atoms with Gasteiger partial charge in [-0.15, -0.1) is 11.3 Å². The fourth-order valence-electron chi connectivity index (χ4n) is 1.52. The molecule has 2 aromatic rings. The van der Waals surface area contributed by atoms with Crippen LogP contribution in [-0.2, 0) is 6.54 Å². The summed E-state index contributed by atoms with van der Waals surface area (Å²) in [6.45, 7) is 0.647. The molecule has 0 bridgehead atoms. The monoisotopic (exact) mass is 278 g/mol. The third-order valence-electron chi connectivity index (χ3n) is 2.40. The predicted octanol–water partition coefficient (Wildman–Crippen LogP) is 3.32. The SMILES string of the molecule is CNc1ccc(NCc2cnc(Cl)s2)cc1C#N. The van der Waals surface area contributed by atoms with E-state index in [0.717, 1.165) is 16.3 Å². The van der Waals surface area contributed by atoms with E-state index in [-0.39, 0.29) is 0 Å². The van der Waals surface area contributed by atoms with Crippen LogP contribution in [-0.4, -0.2) is 12.0 Å². The lowest BCUT2D eigenvalue weighted by molar-refractivity contribution is 1.17. The van der Waals surface area contributed by atoms with Crippen molar-refractivity contribution in [2.24, 2.45) is 0 Å². The number of rotatable bonds is 4. The third kappa shape index (κ3) is 2.92. The van der Waals surface area contributed by atoms with Crippen LogP contribution in [0.5, 0.6) is 0 Å². The maximum Gasteiger partial charge on any atom is 0.183 e. The smallest absolute Gasteiger partial charge is 0.183 e. The summed E-state index contributed by atoms with van der Waals surface area (Å²) in [6, 6.07) is 7.77. The second-order valence-electron chi connectivity index (χ2n) is 3.56. The summed E-state index contributed by atoms with van der Waals surface area (Å²) in [5, 5.41) is 15.2. The molecule has 2 rings (SSSR count). The quantitative estimate of drug-likeness (QED) is 0.901. The molecule has 1 aromatic heterocycles. The second-order valence-corrected chi connectivity index (χ2v) is 5.25. The van der Waals surface area contributed by atoms with Gasteiger partial charge in [-0.2, -0.15) is 5.26 Å². The standard InChI is InChI=1S/C12H11ClN4S/c1-15-11-3-2-9(4-8(11)5-14)16-6-10-7-17-12(13)18-10/h2-4,7,15-16H,6H2,1H3. The van der Waals surface area contributed by atoms with Crippen LogP contribution < -0.4 is 10.6 Å². The molecule has 92 valence electrons. The van der Waals surface area contributed by atoms with Gasteiger partial charge in [-0.1, -0.05) is 11.6 Å². The molecule has 18 heavy (non-hydrogen) atoms. The summed E-state index contributed by atoms with van der Waals surface area (Å²) in [6.07, 6.45) is 1.74. The molecule has 2 N–H and O–H groups in total. The van der Waals surface area contributed by atoms with Crippen molar-refractivity contribution in [1.29, 1.82) is 5.26 Å². The highest BCUT2D eigenvalue weighted by Crippen LogP contribution is 2.22. The van der Waals surface area contributed by atoms with E-state index in [4.69, 9.17) is 16.9 Å². The number of thiazole rings is 1. The summed E-state index contributed by atoms with van der Waals surface area (Å²) < 4.78 is 0.537. The van der Waals surface area contributed by atoms with Gasteiger partial charge >= 0.3 is 0 Å². The van der Waals surface area contributed by atoms with Gasteiger partial charge in [0.2, 0.25) is 0 Å². The Morgan fingerprint density at radius 2 is 2.33 bits per heavy atom. The second kappa shape index (κ2) is 5.71. The van der Waals surface area contributed by atoms with Crippen molar-refractivity contribution in [2.75, 3.05) is 17.7 Å². The van der Waals surface area contributed by atoms with Crippen LogP contribution in [0.4, 0.5) is 11.4 Å². The number of aromatic nitrogens is 1. The maximum atomic E-state index is 9.02. The summed E-state index contributed by atoms with van der Waals surface area (Å²) in [4.78, 5) is 5.02. The van der Waals surface area contributed by atoms with Crippen LogP contribution in [0.2, 0.25) is 4.47 Å². The normalized spacial score (nSPS) is 9.83. The van der Waals surface area contributed by atoms with Crippen LogP contribution in [0.25, 0.3) is 0 Å². The van der Waals surface area contributed by atoms with Gasteiger partial charge in [0, 0.05) is 23.8 Å². The number of hydrogen-bond donors (Lipinski definition) is 2. The lowest BCUT2D eigenvalue weighted by Gasteiger charge is -2.08. The molecular weight excluding hydrogens is 268 g/mol. The zero-order valence-electron chi connectivity index (χ0n) is 9.70. The number of halogens is 1. The average Bonchev–Trinajstić information content (AvgIpc) is 2.81. The first-order valence-corrected chi connectivity index (χ1v) is 6.48. The minimum Gasteiger partial charge on any atom is -0.387 e. The van der Waals surface area contributed by atoms with Crippen molar-refractivity contribution in [3.8, 4) is 6.07 Å². The molecule has 0 fully saturated rings. The van der Waals surface area contributed by atoms with Crippen LogP contribution in [0.1, 0.15) is 10.4 Å². The Bertz CT molecular complexity index is 588. The molecule has 0 aliphatic carbocycles. The zero-order chi connectivity index (χ0) is 13.0. The number of hydrogen-bond acceptors (Lipinski definition) is 5. The largest absolute Gasteiger partial charge is 0.387 e. The number of nitrogens with one attached hydrogen (secondary N) is 2. The molecule has 4 nitrogen and oxygen atoms in total. The molecular formula is C12H11ClN4S. The molecule has 0 spiro atoms. The lowest BCUT2D eigenvalue weighted by atomic mass is 10.1. The van der Waals surface area contributed by atoms with E-state index in [1.165, 1.54) is 11.3 Å². The molecule has 0 aliphatic rings. The Kier molecular flexibility index (Phi) is 4.03. The minimum absolute atomic E-state index is 0.537. The van der Waals surface area contributed by atoms with E-state index in [1.807, 2.05) is 18.2 Å². The van der Waals surface area contributed by atoms with Crippen molar-refractivity contribution in [3.63, 3.8) is 0 Å². The molecule has 1 heterocycles. The van der Waals surface area contributed by atoms with Gasteiger partial charge < -0.3 is 10.6 Å². The van der Waals surface area contributed by atoms with E-state index in [9.17, 15) is 0 Å². The van der Waals surface area contributed by atoms with Gasteiger partial charge in [-0.25, -0.2) is 4.98 Å². The zero-order valence-corrected chi connectivity index (χ0v) is 11.3. The topological polar surface area (TPSA) is 60.7 Å². The van der Waals surface area contributed by atoms with Crippen molar-refractivity contribution >= 4 is 34.3 Å². The highest BCUT2D eigenvalue weighted by molar-refractivity contribution is 7.15. The number of nitriles is 1. The van der Waals surface area contributed by atoms with E-state index in [1.54, 1.807) is 13.2 Å². The summed E-state index contributed by atoms with van der Waals surface area (Å²) in [5.41, 5.74) is 2.34. The van der Waals surface area contributed by atoms with Crippen LogP contribution in [0, 0.1) is 11.3 Å². The van der Waals surface area contributed by atoms with Gasteiger partial charge in [0.1, 0.15) is 6.07 Å². The summed E-state index contributed by atoms with van der Waals surface area (Å²) in [5.74, 6) is 0. The van der Waals surface area contributed by atoms with E-state index in [2.05, 4.69) is 21.7 Å². The number of anilines is 2. The van der Waals surface area contributed by atoms with E-state index in [0.29, 0.717) is 16.6 Å². The molecule has 0 unspecified atom stereocenters. The Labute approximate surface area is 114 Å². The first-order chi connectivity index (χ1) is 8.72. The van der Waals surface area contributed by atoms with Crippen LogP contribution in [0.3, 0.4) is 0 Å². The predicted molar refractivity (Wildman–Crippen MR) is 75.2 cm³/mol. The fourth-order valence-corrected chi connectivity index (χ4v) is 2.44. The van der Waals surface area contributed by atoms with E-state index >= 15 is 0 Å². The summed E-state index contributed by atoms with van der Waals surface area (Å²) >= 11 is 7.20. The van der Waals surface area contributed by atoms with E-state index < -0.39 is 0 Å². The van der Waals surface area contributed by atoms with Gasteiger partial charge in [0.25, 0.3) is 0 Å². The number of benzene rings is 1. The van der Waals surface area contributed by atoms with Crippen molar-refractivity contribution in [2.45, 2.75) is 6.54 Å². The van der Waals surface area contributed by atoms with Gasteiger partial charge in [-0.05, 0) is 18.2 Å². The maximum absolute atomic E-state index is 9.02. The average molecular weight is 279 g/mol. The number of nitrogens with zero attached hydrogens (tertiary/aromatic N) is 2. The molecule has 0 aliphatic heterocycles. The van der Waals surface area contributed by atoms with Crippen molar-refractivity contribution < 1.29 is 0 Å². The Balaban J connectivity index is 2.08. The minimum atomic E-state index is 0.537. The fraction of sp³-hybridized carbons (Fsp3) is 0.167. The molecule has 0 amide bonds. The van der Waals surface area contributed by atoms with Gasteiger partial charge in [-0.3, -0.25) is 0 Å². The first-order valence-electron chi connectivity index (χ1n) is 5.29. The van der Waals surface area contributed by atoms with Crippen molar-refractivity contribution in [1.82, 2.24) is 4.98 Å². The highest BCUT2D eigenvalue weighted by Gasteiger charge is 2.03. The van der Waals surface area contributed by atoms with Crippen LogP contribution in [0.15, 0.2) is 24.4 Å². The lowest BCUT2D eigenvalue weighted by Crippen LogP contribution is -1.99.